The number of likely N-dealkylation sites (tertiary alicyclic amines) is 1. The molecule has 2 aliphatic rings. The van der Waals surface area contributed by atoms with Crippen LogP contribution in [0.3, 0.4) is 0 Å². The maximum Gasteiger partial charge on any atom is 0.227 e. The molecule has 0 spiro atoms. The van der Waals surface area contributed by atoms with Crippen molar-refractivity contribution >= 4 is 29.1 Å². The van der Waals surface area contributed by atoms with E-state index < -0.39 is 0 Å². The Morgan fingerprint density at radius 2 is 1.79 bits per heavy atom. The van der Waals surface area contributed by atoms with Crippen LogP contribution >= 0.6 is 23.2 Å². The molecular weight excluding hydrogens is 391 g/mol. The first kappa shape index (κ1) is 19.3. The summed E-state index contributed by atoms with van der Waals surface area (Å²) in [5.41, 5.74) is 2.20. The summed E-state index contributed by atoms with van der Waals surface area (Å²) in [5, 5.41) is 10.6. The molecule has 1 heterocycles. The van der Waals surface area contributed by atoms with Crippen LogP contribution in [0.2, 0.25) is 10.0 Å². The number of piperidine rings is 1. The minimum atomic E-state index is -0.267. The number of carbonyl (C=O) groups excluding carboxylic acids is 1. The van der Waals surface area contributed by atoms with E-state index in [9.17, 15) is 10.1 Å². The summed E-state index contributed by atoms with van der Waals surface area (Å²) in [6.07, 6.45) is 3.25. The molecule has 0 N–H and O–H groups in total. The quantitative estimate of drug-likeness (QED) is 0.604. The number of nitrogens with zero attached hydrogens (tertiary/aromatic N) is 2. The van der Waals surface area contributed by atoms with Crippen LogP contribution in [0.4, 0.5) is 0 Å². The third kappa shape index (κ3) is 4.04. The molecule has 5 heteroatoms. The van der Waals surface area contributed by atoms with Crippen molar-refractivity contribution in [1.82, 2.24) is 4.90 Å². The van der Waals surface area contributed by atoms with Gasteiger partial charge in [0.1, 0.15) is 0 Å². The van der Waals surface area contributed by atoms with E-state index in [0.717, 1.165) is 17.7 Å². The number of rotatable bonds is 5. The Kier molecular flexibility index (Phi) is 5.62. The average Bonchev–Trinajstić information content (AvgIpc) is 3.50. The largest absolute Gasteiger partial charge is 0.334 e. The summed E-state index contributed by atoms with van der Waals surface area (Å²) < 4.78 is 0. The van der Waals surface area contributed by atoms with Gasteiger partial charge in [-0.1, -0.05) is 47.5 Å². The zero-order valence-corrected chi connectivity index (χ0v) is 17.0. The summed E-state index contributed by atoms with van der Waals surface area (Å²) in [6, 6.07) is 17.8. The molecule has 1 saturated carbocycles. The number of hydrogen-bond donors (Lipinski definition) is 0. The molecule has 1 aliphatic heterocycles. The van der Waals surface area contributed by atoms with Gasteiger partial charge in [-0.2, -0.15) is 5.26 Å². The Hall–Kier alpha value is -2.02. The van der Waals surface area contributed by atoms with E-state index in [1.807, 2.05) is 47.4 Å². The smallest absolute Gasteiger partial charge is 0.227 e. The number of amides is 1. The number of halogens is 2. The first-order chi connectivity index (χ1) is 13.6. The van der Waals surface area contributed by atoms with E-state index in [0.29, 0.717) is 22.4 Å². The Balaban J connectivity index is 1.79. The summed E-state index contributed by atoms with van der Waals surface area (Å²) in [5.74, 6) is 0.497. The molecule has 3 nitrogen and oxygen atoms in total. The van der Waals surface area contributed by atoms with Crippen LogP contribution in [-0.4, -0.2) is 17.4 Å². The topological polar surface area (TPSA) is 44.1 Å². The molecule has 4 rings (SSSR count). The molecule has 144 valence electrons. The van der Waals surface area contributed by atoms with E-state index in [2.05, 4.69) is 12.1 Å². The van der Waals surface area contributed by atoms with E-state index >= 15 is 0 Å². The van der Waals surface area contributed by atoms with Crippen molar-refractivity contribution in [2.45, 2.75) is 37.6 Å². The van der Waals surface area contributed by atoms with Crippen LogP contribution in [0.25, 0.3) is 0 Å². The normalized spacial score (nSPS) is 24.8. The Morgan fingerprint density at radius 3 is 2.43 bits per heavy atom. The van der Waals surface area contributed by atoms with Crippen molar-refractivity contribution in [2.75, 3.05) is 6.54 Å². The lowest BCUT2D eigenvalue weighted by Gasteiger charge is -2.45. The van der Waals surface area contributed by atoms with Crippen molar-refractivity contribution in [3.63, 3.8) is 0 Å². The summed E-state index contributed by atoms with van der Waals surface area (Å²) >= 11 is 12.4. The lowest BCUT2D eigenvalue weighted by molar-refractivity contribution is -0.143. The number of benzene rings is 2. The molecule has 1 saturated heterocycles. The highest BCUT2D eigenvalue weighted by Gasteiger charge is 2.44. The van der Waals surface area contributed by atoms with Crippen LogP contribution in [0.15, 0.2) is 48.5 Å². The maximum absolute atomic E-state index is 13.3. The molecular formula is C23H22Cl2N2O. The Bertz CT molecular complexity index is 902. The van der Waals surface area contributed by atoms with Crippen molar-refractivity contribution in [2.24, 2.45) is 11.8 Å². The van der Waals surface area contributed by atoms with E-state index in [1.165, 1.54) is 12.8 Å². The van der Waals surface area contributed by atoms with Crippen LogP contribution < -0.4 is 0 Å². The van der Waals surface area contributed by atoms with Crippen molar-refractivity contribution in [3.05, 3.63) is 69.7 Å². The Labute approximate surface area is 175 Å². The van der Waals surface area contributed by atoms with Gasteiger partial charge < -0.3 is 4.90 Å². The lowest BCUT2D eigenvalue weighted by atomic mass is 9.75. The monoisotopic (exact) mass is 412 g/mol. The van der Waals surface area contributed by atoms with Crippen LogP contribution in [0.1, 0.15) is 48.8 Å². The van der Waals surface area contributed by atoms with E-state index in [-0.39, 0.29) is 30.2 Å². The number of nitriles is 1. The summed E-state index contributed by atoms with van der Waals surface area (Å²) in [4.78, 5) is 15.3. The molecule has 2 unspecified atom stereocenters. The highest BCUT2D eigenvalue weighted by atomic mass is 35.5. The molecule has 1 aliphatic carbocycles. The third-order valence-corrected chi connectivity index (χ3v) is 6.35. The molecule has 2 fully saturated rings. The molecule has 28 heavy (non-hydrogen) atoms. The molecule has 0 aromatic heterocycles. The van der Waals surface area contributed by atoms with Gasteiger partial charge in [0, 0.05) is 28.9 Å². The van der Waals surface area contributed by atoms with Crippen molar-refractivity contribution < 1.29 is 4.79 Å². The summed E-state index contributed by atoms with van der Waals surface area (Å²) in [6.45, 7) is 0.755. The first-order valence-corrected chi connectivity index (χ1v) is 10.5. The molecule has 2 aromatic rings. The Morgan fingerprint density at radius 1 is 1.04 bits per heavy atom. The van der Waals surface area contributed by atoms with Crippen LogP contribution in [-0.2, 0) is 4.79 Å². The van der Waals surface area contributed by atoms with Gasteiger partial charge in [0.2, 0.25) is 5.91 Å². The van der Waals surface area contributed by atoms with Crippen LogP contribution in [0.5, 0.6) is 0 Å². The number of carbonyl (C=O) groups is 1. The highest BCUT2D eigenvalue weighted by Crippen LogP contribution is 2.47. The fourth-order valence-electron chi connectivity index (χ4n) is 4.32. The van der Waals surface area contributed by atoms with Gasteiger partial charge >= 0.3 is 0 Å². The molecule has 2 aromatic carbocycles. The SMILES string of the molecule is N#CC[C@H]1CC(c2cccc(Cl)c2)C(c2ccc(Cl)cc2)N(CC2CC2)C1=O. The third-order valence-electron chi connectivity index (χ3n) is 5.87. The van der Waals surface area contributed by atoms with Gasteiger partial charge in [-0.15, -0.1) is 0 Å². The van der Waals surface area contributed by atoms with Crippen molar-refractivity contribution in [1.29, 1.82) is 5.26 Å². The fourth-order valence-corrected chi connectivity index (χ4v) is 4.64. The van der Waals surface area contributed by atoms with Gasteiger partial charge in [-0.3, -0.25) is 4.79 Å². The van der Waals surface area contributed by atoms with Crippen molar-refractivity contribution in [3.8, 4) is 6.07 Å². The van der Waals surface area contributed by atoms with Gasteiger partial charge in [-0.25, -0.2) is 0 Å². The molecule has 0 radical (unpaired) electrons. The lowest BCUT2D eigenvalue weighted by Crippen LogP contribution is -2.47. The zero-order valence-electron chi connectivity index (χ0n) is 15.5. The molecule has 0 bridgehead atoms. The number of hydrogen-bond acceptors (Lipinski definition) is 2. The van der Waals surface area contributed by atoms with Gasteiger partial charge in [0.05, 0.1) is 18.0 Å². The molecule has 1 amide bonds. The second-order valence-electron chi connectivity index (χ2n) is 7.89. The standard InChI is InChI=1S/C23H22Cl2N2O/c24-19-8-6-16(7-9-19)22-21(17-2-1-3-20(25)12-17)13-18(10-11-26)23(28)27(22)14-15-4-5-15/h1-3,6-9,12,15,18,21-22H,4-5,10,13-14H2/t18-,21?,22?/m0/s1. The van der Waals surface area contributed by atoms with E-state index in [1.54, 1.807) is 0 Å². The predicted octanol–water partition coefficient (Wildman–Crippen LogP) is 5.99. The van der Waals surface area contributed by atoms with Gasteiger partial charge in [-0.05, 0) is 60.6 Å². The molecule has 3 atom stereocenters. The first-order valence-electron chi connectivity index (χ1n) is 9.75. The maximum atomic E-state index is 13.3. The van der Waals surface area contributed by atoms with Crippen LogP contribution in [0, 0.1) is 23.2 Å². The predicted molar refractivity (Wildman–Crippen MR) is 111 cm³/mol. The minimum absolute atomic E-state index is 0.0706. The second kappa shape index (κ2) is 8.15. The van der Waals surface area contributed by atoms with Gasteiger partial charge in [0.15, 0.2) is 0 Å². The fraction of sp³-hybridized carbons (Fsp3) is 0.391. The average molecular weight is 413 g/mol. The minimum Gasteiger partial charge on any atom is -0.334 e. The second-order valence-corrected chi connectivity index (χ2v) is 8.76. The van der Waals surface area contributed by atoms with E-state index in [4.69, 9.17) is 23.2 Å². The summed E-state index contributed by atoms with van der Waals surface area (Å²) in [7, 11) is 0. The highest BCUT2D eigenvalue weighted by molar-refractivity contribution is 6.30. The van der Waals surface area contributed by atoms with Gasteiger partial charge in [0.25, 0.3) is 0 Å². The zero-order chi connectivity index (χ0) is 19.7.